The molecule has 0 saturated carbocycles. The maximum atomic E-state index is 3.08. The van der Waals surface area contributed by atoms with Crippen molar-refractivity contribution in [3.63, 3.8) is 0 Å². The van der Waals surface area contributed by atoms with E-state index in [-0.39, 0.29) is 0 Å². The van der Waals surface area contributed by atoms with Crippen LogP contribution in [0.5, 0.6) is 0 Å². The first-order chi connectivity index (χ1) is 5.79. The molecule has 1 heteroatoms. The molecule has 0 bridgehead atoms. The van der Waals surface area contributed by atoms with Gasteiger partial charge in [0.2, 0.25) is 0 Å². The molecule has 12 heavy (non-hydrogen) atoms. The third-order valence-electron chi connectivity index (χ3n) is 2.35. The standard InChI is InChI=1S/C11H15Se/c1-3-9(2)11-7-5-4-6-10(11)8-12/h4-7,9H,3,8H2,1-2H3. The Morgan fingerprint density at radius 3 is 2.58 bits per heavy atom. The molecule has 0 heterocycles. The molecule has 1 radical (unpaired) electrons. The summed E-state index contributed by atoms with van der Waals surface area (Å²) in [5.74, 6) is 0.689. The van der Waals surface area contributed by atoms with Crippen LogP contribution in [0.3, 0.4) is 0 Å². The average Bonchev–Trinajstić information content (AvgIpc) is 2.16. The van der Waals surface area contributed by atoms with Crippen molar-refractivity contribution in [3.05, 3.63) is 35.4 Å². The van der Waals surface area contributed by atoms with Crippen LogP contribution in [0.4, 0.5) is 0 Å². The molecule has 1 aromatic rings. The van der Waals surface area contributed by atoms with Crippen LogP contribution in [-0.4, -0.2) is 16.0 Å². The fourth-order valence-electron chi connectivity index (χ4n) is 1.37. The number of hydrogen-bond acceptors (Lipinski definition) is 0. The molecule has 1 rings (SSSR count). The zero-order chi connectivity index (χ0) is 8.97. The van der Waals surface area contributed by atoms with Gasteiger partial charge in [0.25, 0.3) is 0 Å². The van der Waals surface area contributed by atoms with Gasteiger partial charge in [-0.1, -0.05) is 0 Å². The zero-order valence-corrected chi connectivity index (χ0v) is 9.42. The summed E-state index contributed by atoms with van der Waals surface area (Å²) >= 11 is 3.08. The van der Waals surface area contributed by atoms with Gasteiger partial charge in [-0.2, -0.15) is 0 Å². The van der Waals surface area contributed by atoms with E-state index in [4.69, 9.17) is 0 Å². The van der Waals surface area contributed by atoms with Gasteiger partial charge in [0.05, 0.1) is 0 Å². The van der Waals surface area contributed by atoms with Gasteiger partial charge < -0.3 is 0 Å². The van der Waals surface area contributed by atoms with Gasteiger partial charge in [0, 0.05) is 0 Å². The molecule has 1 atom stereocenters. The molecule has 1 aromatic carbocycles. The fourth-order valence-corrected chi connectivity index (χ4v) is 1.92. The molecule has 0 saturated heterocycles. The van der Waals surface area contributed by atoms with Crippen LogP contribution in [0.2, 0.25) is 0 Å². The molecular weight excluding hydrogens is 211 g/mol. The summed E-state index contributed by atoms with van der Waals surface area (Å²) in [6.07, 6.45) is 1.22. The molecular formula is C11H15Se. The summed E-state index contributed by atoms with van der Waals surface area (Å²) < 4.78 is 0. The molecule has 0 N–H and O–H groups in total. The molecule has 0 amide bonds. The Kier molecular flexibility index (Phi) is 3.84. The topological polar surface area (TPSA) is 0 Å². The second kappa shape index (κ2) is 4.69. The van der Waals surface area contributed by atoms with E-state index in [0.29, 0.717) is 5.92 Å². The molecule has 0 spiro atoms. The Morgan fingerprint density at radius 2 is 2.00 bits per heavy atom. The number of rotatable bonds is 3. The normalized spacial score (nSPS) is 12.9. The van der Waals surface area contributed by atoms with Gasteiger partial charge in [-0.15, -0.1) is 0 Å². The van der Waals surface area contributed by atoms with Gasteiger partial charge in [0.1, 0.15) is 0 Å². The van der Waals surface area contributed by atoms with E-state index in [2.05, 4.69) is 54.1 Å². The molecule has 0 nitrogen and oxygen atoms in total. The van der Waals surface area contributed by atoms with Crippen molar-refractivity contribution in [3.8, 4) is 0 Å². The first-order valence-corrected chi connectivity index (χ1v) is 5.66. The minimum absolute atomic E-state index is 0.689. The predicted molar refractivity (Wildman–Crippen MR) is 54.6 cm³/mol. The first kappa shape index (κ1) is 9.82. The van der Waals surface area contributed by atoms with Crippen LogP contribution < -0.4 is 0 Å². The Labute approximate surface area is 83.2 Å². The van der Waals surface area contributed by atoms with E-state index in [1.165, 1.54) is 17.5 Å². The summed E-state index contributed by atoms with van der Waals surface area (Å²) in [5.41, 5.74) is 2.95. The zero-order valence-electron chi connectivity index (χ0n) is 7.71. The number of benzene rings is 1. The second-order valence-corrected chi connectivity index (χ2v) is 3.76. The Balaban J connectivity index is 2.96. The number of hydrogen-bond donors (Lipinski definition) is 0. The van der Waals surface area contributed by atoms with Crippen LogP contribution in [-0.2, 0) is 5.32 Å². The van der Waals surface area contributed by atoms with E-state index >= 15 is 0 Å². The van der Waals surface area contributed by atoms with Gasteiger partial charge in [-0.25, -0.2) is 0 Å². The Bertz CT molecular complexity index is 243. The van der Waals surface area contributed by atoms with E-state index in [9.17, 15) is 0 Å². The molecule has 1 unspecified atom stereocenters. The minimum atomic E-state index is 0.689. The van der Waals surface area contributed by atoms with Gasteiger partial charge >= 0.3 is 82.9 Å². The molecule has 0 aromatic heterocycles. The van der Waals surface area contributed by atoms with Crippen LogP contribution in [0.25, 0.3) is 0 Å². The SMILES string of the molecule is CCC(C)c1ccccc1C[Se]. The monoisotopic (exact) mass is 227 g/mol. The first-order valence-electron chi connectivity index (χ1n) is 4.45. The third-order valence-corrected chi connectivity index (χ3v) is 3.01. The molecule has 65 valence electrons. The van der Waals surface area contributed by atoms with Crippen molar-refractivity contribution in [2.75, 3.05) is 0 Å². The van der Waals surface area contributed by atoms with Crippen molar-refractivity contribution < 1.29 is 0 Å². The van der Waals surface area contributed by atoms with E-state index in [1.807, 2.05) is 0 Å². The van der Waals surface area contributed by atoms with Crippen LogP contribution in [0, 0.1) is 0 Å². The molecule has 0 aliphatic rings. The summed E-state index contributed by atoms with van der Waals surface area (Å²) in [5, 5.41) is 1.03. The van der Waals surface area contributed by atoms with Gasteiger partial charge in [-0.05, 0) is 0 Å². The summed E-state index contributed by atoms with van der Waals surface area (Å²) in [6.45, 7) is 4.52. The van der Waals surface area contributed by atoms with E-state index in [0.717, 1.165) is 5.32 Å². The van der Waals surface area contributed by atoms with Gasteiger partial charge in [0.15, 0.2) is 0 Å². The fraction of sp³-hybridized carbons (Fsp3) is 0.455. The van der Waals surface area contributed by atoms with Crippen LogP contribution >= 0.6 is 0 Å². The van der Waals surface area contributed by atoms with E-state index in [1.54, 1.807) is 0 Å². The predicted octanol–water partition coefficient (Wildman–Crippen LogP) is 2.87. The van der Waals surface area contributed by atoms with Crippen LogP contribution in [0.15, 0.2) is 24.3 Å². The van der Waals surface area contributed by atoms with Crippen molar-refractivity contribution in [2.24, 2.45) is 0 Å². The Morgan fingerprint density at radius 1 is 1.33 bits per heavy atom. The van der Waals surface area contributed by atoms with Gasteiger partial charge in [-0.3, -0.25) is 0 Å². The third kappa shape index (κ3) is 2.12. The van der Waals surface area contributed by atoms with E-state index < -0.39 is 0 Å². The van der Waals surface area contributed by atoms with Crippen molar-refractivity contribution in [2.45, 2.75) is 31.5 Å². The average molecular weight is 226 g/mol. The van der Waals surface area contributed by atoms with Crippen molar-refractivity contribution in [1.29, 1.82) is 0 Å². The molecule has 0 aliphatic heterocycles. The molecule has 0 aliphatic carbocycles. The maximum absolute atomic E-state index is 3.08. The van der Waals surface area contributed by atoms with Crippen molar-refractivity contribution in [1.82, 2.24) is 0 Å². The van der Waals surface area contributed by atoms with Crippen LogP contribution in [0.1, 0.15) is 37.3 Å². The quantitative estimate of drug-likeness (QED) is 0.695. The summed E-state index contributed by atoms with van der Waals surface area (Å²) in [6, 6.07) is 8.68. The summed E-state index contributed by atoms with van der Waals surface area (Å²) in [4.78, 5) is 0. The van der Waals surface area contributed by atoms with Crippen molar-refractivity contribution >= 4 is 16.0 Å². The Hall–Kier alpha value is -0.261. The molecule has 0 fully saturated rings. The summed E-state index contributed by atoms with van der Waals surface area (Å²) in [7, 11) is 0. The second-order valence-electron chi connectivity index (χ2n) is 3.15.